The Hall–Kier alpha value is -1.65. The highest BCUT2D eigenvalue weighted by atomic mass is 19.1. The number of benzene rings is 1. The first-order chi connectivity index (χ1) is 6.56. The summed E-state index contributed by atoms with van der Waals surface area (Å²) >= 11 is 0. The van der Waals surface area contributed by atoms with Crippen molar-refractivity contribution in [3.63, 3.8) is 0 Å². The van der Waals surface area contributed by atoms with Gasteiger partial charge in [0, 0.05) is 6.07 Å². The SMILES string of the molecule is CCOC(=O)c1cc(F)cc(F)c1O. The van der Waals surface area contributed by atoms with Crippen LogP contribution in [-0.2, 0) is 4.74 Å². The molecule has 0 spiro atoms. The van der Waals surface area contributed by atoms with Gasteiger partial charge in [0.2, 0.25) is 0 Å². The van der Waals surface area contributed by atoms with Crippen molar-refractivity contribution in [3.8, 4) is 5.75 Å². The lowest BCUT2D eigenvalue weighted by Crippen LogP contribution is -2.06. The lowest BCUT2D eigenvalue weighted by Gasteiger charge is -2.04. The van der Waals surface area contributed by atoms with Crippen LogP contribution in [0, 0.1) is 11.6 Å². The Bertz CT molecular complexity index is 363. The summed E-state index contributed by atoms with van der Waals surface area (Å²) in [7, 11) is 0. The predicted molar refractivity (Wildman–Crippen MR) is 44.0 cm³/mol. The maximum atomic E-state index is 12.7. The molecule has 1 aromatic carbocycles. The van der Waals surface area contributed by atoms with E-state index in [-0.39, 0.29) is 6.61 Å². The fraction of sp³-hybridized carbons (Fsp3) is 0.222. The molecule has 0 radical (unpaired) electrons. The molecule has 1 rings (SSSR count). The van der Waals surface area contributed by atoms with Crippen LogP contribution in [0.1, 0.15) is 17.3 Å². The molecule has 0 aliphatic carbocycles. The second kappa shape index (κ2) is 4.04. The van der Waals surface area contributed by atoms with Crippen LogP contribution in [-0.4, -0.2) is 17.7 Å². The van der Waals surface area contributed by atoms with Crippen LogP contribution in [0.5, 0.6) is 5.75 Å². The zero-order chi connectivity index (χ0) is 10.7. The van der Waals surface area contributed by atoms with Crippen LogP contribution in [0.4, 0.5) is 8.78 Å². The normalized spacial score (nSPS) is 9.93. The molecule has 0 aromatic heterocycles. The van der Waals surface area contributed by atoms with Crippen molar-refractivity contribution < 1.29 is 23.4 Å². The van der Waals surface area contributed by atoms with Crippen molar-refractivity contribution in [2.45, 2.75) is 6.92 Å². The van der Waals surface area contributed by atoms with Gasteiger partial charge in [-0.3, -0.25) is 0 Å². The molecule has 5 heteroatoms. The molecule has 0 aliphatic rings. The zero-order valence-electron chi connectivity index (χ0n) is 7.38. The highest BCUT2D eigenvalue weighted by Crippen LogP contribution is 2.23. The maximum absolute atomic E-state index is 12.7. The molecule has 0 saturated heterocycles. The molecule has 0 saturated carbocycles. The van der Waals surface area contributed by atoms with E-state index < -0.39 is 28.9 Å². The monoisotopic (exact) mass is 202 g/mol. The minimum absolute atomic E-state index is 0.0659. The summed E-state index contributed by atoms with van der Waals surface area (Å²) in [6.45, 7) is 1.61. The van der Waals surface area contributed by atoms with Crippen molar-refractivity contribution in [1.82, 2.24) is 0 Å². The third kappa shape index (κ3) is 1.99. The zero-order valence-corrected chi connectivity index (χ0v) is 7.38. The van der Waals surface area contributed by atoms with Crippen LogP contribution >= 0.6 is 0 Å². The van der Waals surface area contributed by atoms with Crippen LogP contribution < -0.4 is 0 Å². The van der Waals surface area contributed by atoms with Gasteiger partial charge in [-0.15, -0.1) is 0 Å². The van der Waals surface area contributed by atoms with Gasteiger partial charge in [0.25, 0.3) is 0 Å². The molecule has 0 amide bonds. The first-order valence-corrected chi connectivity index (χ1v) is 3.91. The van der Waals surface area contributed by atoms with Gasteiger partial charge in [-0.05, 0) is 13.0 Å². The minimum Gasteiger partial charge on any atom is -0.504 e. The summed E-state index contributed by atoms with van der Waals surface area (Å²) in [5.41, 5.74) is -0.510. The number of hydrogen-bond acceptors (Lipinski definition) is 3. The number of carbonyl (C=O) groups excluding carboxylic acids is 1. The fourth-order valence-corrected chi connectivity index (χ4v) is 0.930. The third-order valence-electron chi connectivity index (χ3n) is 1.52. The highest BCUT2D eigenvalue weighted by molar-refractivity contribution is 5.92. The first kappa shape index (κ1) is 10.4. The van der Waals surface area contributed by atoms with E-state index in [1.165, 1.54) is 0 Å². The molecule has 0 bridgehead atoms. The number of phenolic OH excluding ortho intramolecular Hbond substituents is 1. The number of ether oxygens (including phenoxy) is 1. The van der Waals surface area contributed by atoms with Crippen LogP contribution in [0.2, 0.25) is 0 Å². The number of phenols is 1. The first-order valence-electron chi connectivity index (χ1n) is 3.91. The summed E-state index contributed by atoms with van der Waals surface area (Å²) < 4.78 is 29.9. The molecule has 14 heavy (non-hydrogen) atoms. The van der Waals surface area contributed by atoms with Crippen molar-refractivity contribution in [2.75, 3.05) is 6.61 Å². The molecule has 76 valence electrons. The second-order valence-corrected chi connectivity index (χ2v) is 2.50. The van der Waals surface area contributed by atoms with Gasteiger partial charge in [-0.2, -0.15) is 0 Å². The lowest BCUT2D eigenvalue weighted by atomic mass is 10.2. The Morgan fingerprint density at radius 2 is 2.14 bits per heavy atom. The predicted octanol–water partition coefficient (Wildman–Crippen LogP) is 1.85. The van der Waals surface area contributed by atoms with Gasteiger partial charge < -0.3 is 9.84 Å². The smallest absolute Gasteiger partial charge is 0.342 e. The number of rotatable bonds is 2. The summed E-state index contributed by atoms with van der Waals surface area (Å²) in [6, 6.07) is 1.20. The molecule has 1 N–H and O–H groups in total. The molecular formula is C9H8F2O3. The average molecular weight is 202 g/mol. The van der Waals surface area contributed by atoms with E-state index in [2.05, 4.69) is 4.74 Å². The summed E-state index contributed by atoms with van der Waals surface area (Å²) in [6.07, 6.45) is 0. The van der Waals surface area contributed by atoms with E-state index >= 15 is 0 Å². The van der Waals surface area contributed by atoms with Gasteiger partial charge in [0.1, 0.15) is 11.4 Å². The van der Waals surface area contributed by atoms with Gasteiger partial charge in [-0.1, -0.05) is 0 Å². The summed E-state index contributed by atoms with van der Waals surface area (Å²) in [5, 5.41) is 9.08. The Morgan fingerprint density at radius 1 is 1.50 bits per heavy atom. The van der Waals surface area contributed by atoms with Crippen molar-refractivity contribution >= 4 is 5.97 Å². The maximum Gasteiger partial charge on any atom is 0.342 e. The molecule has 1 aromatic rings. The second-order valence-electron chi connectivity index (χ2n) is 2.50. The number of hydrogen-bond donors (Lipinski definition) is 1. The topological polar surface area (TPSA) is 46.5 Å². The van der Waals surface area contributed by atoms with Crippen molar-refractivity contribution in [3.05, 3.63) is 29.3 Å². The number of aromatic hydroxyl groups is 1. The Labute approximate surface area is 78.9 Å². The molecule has 0 heterocycles. The molecule has 3 nitrogen and oxygen atoms in total. The van der Waals surface area contributed by atoms with E-state index in [9.17, 15) is 13.6 Å². The molecule has 0 aliphatic heterocycles. The Balaban J connectivity index is 3.13. The Kier molecular flexibility index (Phi) is 3.01. The summed E-state index contributed by atoms with van der Waals surface area (Å²) in [4.78, 5) is 11.1. The van der Waals surface area contributed by atoms with E-state index in [0.717, 1.165) is 6.07 Å². The van der Waals surface area contributed by atoms with Gasteiger partial charge in [-0.25, -0.2) is 13.6 Å². The van der Waals surface area contributed by atoms with Gasteiger partial charge in [0.05, 0.1) is 6.61 Å². The lowest BCUT2D eigenvalue weighted by molar-refractivity contribution is 0.0521. The van der Waals surface area contributed by atoms with E-state index in [1.54, 1.807) is 6.92 Å². The fourth-order valence-electron chi connectivity index (χ4n) is 0.930. The van der Waals surface area contributed by atoms with Crippen molar-refractivity contribution in [1.29, 1.82) is 0 Å². The quantitative estimate of drug-likeness (QED) is 0.744. The van der Waals surface area contributed by atoms with Crippen LogP contribution in [0.15, 0.2) is 12.1 Å². The molecule has 0 unspecified atom stereocenters. The van der Waals surface area contributed by atoms with E-state index in [4.69, 9.17) is 5.11 Å². The third-order valence-corrected chi connectivity index (χ3v) is 1.52. The van der Waals surface area contributed by atoms with Crippen molar-refractivity contribution in [2.24, 2.45) is 0 Å². The highest BCUT2D eigenvalue weighted by Gasteiger charge is 2.17. The molecule has 0 fully saturated rings. The van der Waals surface area contributed by atoms with Crippen LogP contribution in [0.3, 0.4) is 0 Å². The van der Waals surface area contributed by atoms with Gasteiger partial charge in [0.15, 0.2) is 11.6 Å². The molecular weight excluding hydrogens is 194 g/mol. The number of halogens is 2. The average Bonchev–Trinajstić information content (AvgIpc) is 2.11. The van der Waals surface area contributed by atoms with E-state index in [1.807, 2.05) is 0 Å². The number of esters is 1. The summed E-state index contributed by atoms with van der Waals surface area (Å²) in [5.74, 6) is -3.98. The largest absolute Gasteiger partial charge is 0.504 e. The number of carbonyl (C=O) groups is 1. The Morgan fingerprint density at radius 3 is 2.71 bits per heavy atom. The standard InChI is InChI=1S/C9H8F2O3/c1-2-14-9(13)6-3-5(10)4-7(11)8(6)12/h3-4,12H,2H2,1H3. The van der Waals surface area contributed by atoms with E-state index in [0.29, 0.717) is 6.07 Å². The minimum atomic E-state index is -1.19. The van der Waals surface area contributed by atoms with Crippen LogP contribution in [0.25, 0.3) is 0 Å². The molecule has 0 atom stereocenters. The van der Waals surface area contributed by atoms with Gasteiger partial charge >= 0.3 is 5.97 Å².